The predicted octanol–water partition coefficient (Wildman–Crippen LogP) is 6.88. The number of carbonyl (C=O) groups is 2. The van der Waals surface area contributed by atoms with Crippen molar-refractivity contribution >= 4 is 11.9 Å². The molecule has 5 heteroatoms. The van der Waals surface area contributed by atoms with Gasteiger partial charge in [0.1, 0.15) is 18.4 Å². The summed E-state index contributed by atoms with van der Waals surface area (Å²) >= 11 is 0. The molecule has 2 aromatic carbocycles. The number of hydrogen-bond donors (Lipinski definition) is 0. The zero-order valence-electron chi connectivity index (χ0n) is 23.3. The van der Waals surface area contributed by atoms with Crippen LogP contribution in [0.1, 0.15) is 97.5 Å². The van der Waals surface area contributed by atoms with Crippen LogP contribution >= 0.6 is 0 Å². The lowest BCUT2D eigenvalue weighted by molar-refractivity contribution is -0.149. The molecular weight excluding hydrogens is 474 g/mol. The number of benzene rings is 2. The van der Waals surface area contributed by atoms with E-state index in [1.54, 1.807) is 11.0 Å². The van der Waals surface area contributed by atoms with Crippen molar-refractivity contribution in [3.63, 3.8) is 0 Å². The Morgan fingerprint density at radius 2 is 1.66 bits per heavy atom. The van der Waals surface area contributed by atoms with Crippen molar-refractivity contribution in [1.29, 1.82) is 0 Å². The van der Waals surface area contributed by atoms with Crippen LogP contribution in [0.3, 0.4) is 0 Å². The number of carbonyl (C=O) groups excluding carboxylic acids is 2. The van der Waals surface area contributed by atoms with Gasteiger partial charge < -0.3 is 14.1 Å². The molecule has 0 spiro atoms. The monoisotopic (exact) mass is 513 g/mol. The van der Waals surface area contributed by atoms with Crippen LogP contribution in [0, 0.1) is 6.92 Å². The minimum Gasteiger partial charge on any atom is -0.459 e. The van der Waals surface area contributed by atoms with Gasteiger partial charge in [-0.25, -0.2) is 4.79 Å². The molecule has 1 atom stereocenters. The van der Waals surface area contributed by atoms with E-state index in [4.69, 9.17) is 9.15 Å². The second kappa shape index (κ2) is 10.1. The summed E-state index contributed by atoms with van der Waals surface area (Å²) in [7, 11) is 0. The molecule has 0 N–H and O–H groups in total. The topological polar surface area (TPSA) is 59.8 Å². The Labute approximate surface area is 226 Å². The summed E-state index contributed by atoms with van der Waals surface area (Å²) in [4.78, 5) is 27.8. The van der Waals surface area contributed by atoms with Crippen molar-refractivity contribution in [3.8, 4) is 0 Å². The van der Waals surface area contributed by atoms with Gasteiger partial charge in [-0.2, -0.15) is 0 Å². The van der Waals surface area contributed by atoms with E-state index in [9.17, 15) is 9.59 Å². The molecule has 1 aromatic heterocycles. The first-order chi connectivity index (χ1) is 18.0. The molecule has 200 valence electrons. The van der Waals surface area contributed by atoms with E-state index in [0.717, 1.165) is 17.7 Å². The minimum atomic E-state index is -0.576. The molecule has 38 heavy (non-hydrogen) atoms. The molecule has 1 amide bonds. The number of nitrogens with zero attached hydrogens (tertiary/aromatic N) is 1. The normalized spacial score (nSPS) is 19.7. The summed E-state index contributed by atoms with van der Waals surface area (Å²) in [5.41, 5.74) is 6.59. The Balaban J connectivity index is 1.29. The molecule has 0 unspecified atom stereocenters. The van der Waals surface area contributed by atoms with Gasteiger partial charge in [-0.1, -0.05) is 70.2 Å². The number of aryl methyl sites for hydroxylation is 1. The van der Waals surface area contributed by atoms with Gasteiger partial charge in [-0.15, -0.1) is 0 Å². The fourth-order valence-electron chi connectivity index (χ4n) is 5.95. The van der Waals surface area contributed by atoms with E-state index in [1.165, 1.54) is 35.1 Å². The number of ether oxygens (including phenoxy) is 1. The third kappa shape index (κ3) is 5.16. The highest BCUT2D eigenvalue weighted by atomic mass is 16.5. The van der Waals surface area contributed by atoms with Crippen LogP contribution in [0.15, 0.2) is 59.0 Å². The van der Waals surface area contributed by atoms with Crippen LogP contribution in [0.4, 0.5) is 0 Å². The Morgan fingerprint density at radius 3 is 2.37 bits per heavy atom. The summed E-state index contributed by atoms with van der Waals surface area (Å²) < 4.78 is 11.6. The van der Waals surface area contributed by atoms with E-state index in [2.05, 4.69) is 46.8 Å². The number of fused-ring (bicyclic) bond motifs is 1. The lowest BCUT2D eigenvalue weighted by Crippen LogP contribution is -2.41. The fourth-order valence-corrected chi connectivity index (χ4v) is 5.95. The second-order valence-electron chi connectivity index (χ2n) is 12.3. The average molecular weight is 514 g/mol. The van der Waals surface area contributed by atoms with Crippen LogP contribution in [0.5, 0.6) is 0 Å². The number of likely N-dealkylation sites (tertiary alicyclic amines) is 1. The average Bonchev–Trinajstić information content (AvgIpc) is 3.57. The Morgan fingerprint density at radius 1 is 0.974 bits per heavy atom. The van der Waals surface area contributed by atoms with Crippen LogP contribution in [-0.4, -0.2) is 29.4 Å². The molecule has 0 bridgehead atoms. The van der Waals surface area contributed by atoms with Crippen molar-refractivity contribution in [3.05, 3.63) is 93.9 Å². The van der Waals surface area contributed by atoms with Gasteiger partial charge in [0.2, 0.25) is 0 Å². The molecule has 2 heterocycles. The molecule has 3 aromatic rings. The maximum Gasteiger partial charge on any atom is 0.329 e. The maximum absolute atomic E-state index is 13.3. The Hall–Kier alpha value is -3.34. The van der Waals surface area contributed by atoms with E-state index < -0.39 is 6.04 Å². The highest BCUT2D eigenvalue weighted by Gasteiger charge is 2.38. The third-order valence-electron chi connectivity index (χ3n) is 8.56. The molecular formula is C33H39NO4. The van der Waals surface area contributed by atoms with Gasteiger partial charge in [0, 0.05) is 13.0 Å². The van der Waals surface area contributed by atoms with Gasteiger partial charge in [-0.05, 0) is 83.4 Å². The lowest BCUT2D eigenvalue weighted by atomic mass is 9.62. The number of rotatable bonds is 6. The molecule has 5 rings (SSSR count). The summed E-state index contributed by atoms with van der Waals surface area (Å²) in [6.07, 6.45) is 4.36. The minimum absolute atomic E-state index is 0.136. The van der Waals surface area contributed by atoms with Crippen LogP contribution in [0.25, 0.3) is 0 Å². The summed E-state index contributed by atoms with van der Waals surface area (Å²) in [6, 6.07) is 17.4. The molecule has 1 fully saturated rings. The van der Waals surface area contributed by atoms with Gasteiger partial charge in [0.15, 0.2) is 5.76 Å². The SMILES string of the molecule is Cc1cc2c(cc1Cc1ccc(C(=O)N3CCC[C@@H]3C(=O)OCc3ccccc3)o1)C(C)(C)CCC2(C)C. The third-order valence-corrected chi connectivity index (χ3v) is 8.56. The van der Waals surface area contributed by atoms with Crippen molar-refractivity contribution in [2.75, 3.05) is 6.54 Å². The highest BCUT2D eigenvalue weighted by Crippen LogP contribution is 2.46. The van der Waals surface area contributed by atoms with Crippen LogP contribution in [0.2, 0.25) is 0 Å². The quantitative estimate of drug-likeness (QED) is 0.337. The summed E-state index contributed by atoms with van der Waals surface area (Å²) in [5.74, 6) is 0.425. The zero-order valence-corrected chi connectivity index (χ0v) is 23.3. The smallest absolute Gasteiger partial charge is 0.329 e. The van der Waals surface area contributed by atoms with E-state index in [0.29, 0.717) is 19.4 Å². The first kappa shape index (κ1) is 26.3. The van der Waals surface area contributed by atoms with Crippen LogP contribution < -0.4 is 0 Å². The summed E-state index contributed by atoms with van der Waals surface area (Å²) in [6.45, 7) is 12.2. The molecule has 1 aliphatic heterocycles. The number of furan rings is 1. The zero-order chi connectivity index (χ0) is 27.1. The molecule has 1 aliphatic carbocycles. The van der Waals surface area contributed by atoms with Gasteiger partial charge in [0.25, 0.3) is 5.91 Å². The molecule has 1 saturated heterocycles. The first-order valence-electron chi connectivity index (χ1n) is 13.8. The maximum atomic E-state index is 13.3. The largest absolute Gasteiger partial charge is 0.459 e. The standard InChI is InChI=1S/C33H39NO4/c1-22-18-26-27(33(4,5)16-15-32(26,2)3)20-24(22)19-25-13-14-29(38-25)30(35)34-17-9-12-28(34)31(36)37-21-23-10-7-6-8-11-23/h6-8,10-11,13-14,18,20,28H,9,12,15-17,19,21H2,1-5H3/t28-/m1/s1. The highest BCUT2D eigenvalue weighted by molar-refractivity contribution is 5.95. The van der Waals surface area contributed by atoms with E-state index in [-0.39, 0.29) is 35.1 Å². The molecule has 0 saturated carbocycles. The number of hydrogen-bond acceptors (Lipinski definition) is 4. The summed E-state index contributed by atoms with van der Waals surface area (Å²) in [5, 5.41) is 0. The molecule has 2 aliphatic rings. The van der Waals surface area contributed by atoms with Crippen molar-refractivity contribution < 1.29 is 18.7 Å². The van der Waals surface area contributed by atoms with Crippen LogP contribution in [-0.2, 0) is 33.4 Å². The molecule has 0 radical (unpaired) electrons. The fraction of sp³-hybridized carbons (Fsp3) is 0.455. The van der Waals surface area contributed by atoms with Crippen molar-refractivity contribution in [1.82, 2.24) is 4.90 Å². The van der Waals surface area contributed by atoms with Crippen molar-refractivity contribution in [2.45, 2.75) is 90.2 Å². The van der Waals surface area contributed by atoms with Gasteiger partial charge in [0.05, 0.1) is 0 Å². The molecule has 5 nitrogen and oxygen atoms in total. The Bertz CT molecular complexity index is 1330. The van der Waals surface area contributed by atoms with E-state index >= 15 is 0 Å². The van der Waals surface area contributed by atoms with Gasteiger partial charge >= 0.3 is 5.97 Å². The van der Waals surface area contributed by atoms with Gasteiger partial charge in [-0.3, -0.25) is 4.79 Å². The first-order valence-corrected chi connectivity index (χ1v) is 13.8. The second-order valence-corrected chi connectivity index (χ2v) is 12.3. The Kier molecular flexibility index (Phi) is 6.97. The van der Waals surface area contributed by atoms with Crippen molar-refractivity contribution in [2.24, 2.45) is 0 Å². The predicted molar refractivity (Wildman–Crippen MR) is 148 cm³/mol. The van der Waals surface area contributed by atoms with E-state index in [1.807, 2.05) is 36.4 Å². The lowest BCUT2D eigenvalue weighted by Gasteiger charge is -2.42. The number of amides is 1. The number of esters is 1.